The summed E-state index contributed by atoms with van der Waals surface area (Å²) in [4.78, 5) is 30.9. The molecule has 8 heteroatoms. The lowest BCUT2D eigenvalue weighted by molar-refractivity contribution is -0.120. The fourth-order valence-corrected chi connectivity index (χ4v) is 3.83. The quantitative estimate of drug-likeness (QED) is 0.606. The molecule has 0 bridgehead atoms. The van der Waals surface area contributed by atoms with E-state index < -0.39 is 13.1 Å². The van der Waals surface area contributed by atoms with Gasteiger partial charge in [-0.05, 0) is 43.1 Å². The number of aromatic nitrogens is 1. The van der Waals surface area contributed by atoms with Gasteiger partial charge in [0.25, 0.3) is 0 Å². The molecular weight excluding hydrogens is 357 g/mol. The summed E-state index contributed by atoms with van der Waals surface area (Å²) in [5.41, 5.74) is 4.29. The van der Waals surface area contributed by atoms with Crippen LogP contribution >= 0.6 is 0 Å². The summed E-state index contributed by atoms with van der Waals surface area (Å²) >= 11 is 0. The summed E-state index contributed by atoms with van der Waals surface area (Å²) in [6.07, 6.45) is 2.32. The molecule has 0 radical (unpaired) electrons. The number of hydrogen-bond donors (Lipinski definition) is 2. The second kappa shape index (κ2) is 7.37. The summed E-state index contributed by atoms with van der Waals surface area (Å²) in [5, 5.41) is 13.2. The molecule has 2 aliphatic rings. The smallest absolute Gasteiger partial charge is 0.534 e. The number of benzene rings is 1. The molecule has 7 nitrogen and oxygen atoms in total. The largest absolute Gasteiger partial charge is 0.547 e. The maximum absolute atomic E-state index is 12.5. The van der Waals surface area contributed by atoms with E-state index in [1.807, 2.05) is 19.2 Å². The second-order valence-corrected chi connectivity index (χ2v) is 7.54. The number of fused-ring (bicyclic) bond motifs is 2. The van der Waals surface area contributed by atoms with Gasteiger partial charge in [0.2, 0.25) is 5.91 Å². The van der Waals surface area contributed by atoms with Gasteiger partial charge < -0.3 is 15.0 Å². The molecule has 2 N–H and O–H groups in total. The van der Waals surface area contributed by atoms with E-state index in [9.17, 15) is 14.6 Å². The van der Waals surface area contributed by atoms with Gasteiger partial charge in [0.15, 0.2) is 5.78 Å². The first-order chi connectivity index (χ1) is 13.4. The van der Waals surface area contributed by atoms with Crippen LogP contribution in [0.3, 0.4) is 0 Å². The molecule has 0 unspecified atom stereocenters. The summed E-state index contributed by atoms with van der Waals surface area (Å²) in [7, 11) is 0.831. The molecule has 144 valence electrons. The molecule has 28 heavy (non-hydrogen) atoms. The van der Waals surface area contributed by atoms with E-state index >= 15 is 0 Å². The number of nitrogens with one attached hydrogen (secondary N) is 1. The van der Waals surface area contributed by atoms with Crippen molar-refractivity contribution in [3.05, 3.63) is 58.4 Å². The van der Waals surface area contributed by atoms with Gasteiger partial charge in [-0.2, -0.15) is 0 Å². The van der Waals surface area contributed by atoms with Gasteiger partial charge in [-0.15, -0.1) is 0 Å². The standard InChI is InChI=1S/C20H22BN3O4/c1-12(25)16-5-3-4-14-8-18(21(27)28-20(14)16)23-19(26)7-13-6-15-10-24(2)11-17(15)22-9-13/h3-6,9,18,27H,7-8,10-11H2,1-2H3,(H,23,26)/t18-/m0/s1. The molecular formula is C20H22BN3O4. The van der Waals surface area contributed by atoms with Crippen LogP contribution in [0.15, 0.2) is 30.5 Å². The number of nitrogens with zero attached hydrogens (tertiary/aromatic N) is 2. The minimum Gasteiger partial charge on any atom is -0.534 e. The Morgan fingerprint density at radius 3 is 2.96 bits per heavy atom. The Morgan fingerprint density at radius 2 is 2.18 bits per heavy atom. The molecule has 1 amide bonds. The highest BCUT2D eigenvalue weighted by atomic mass is 16.5. The first kappa shape index (κ1) is 18.6. The molecule has 0 saturated heterocycles. The summed E-state index contributed by atoms with van der Waals surface area (Å²) < 4.78 is 5.56. The maximum Gasteiger partial charge on any atom is 0.547 e. The average molecular weight is 379 g/mol. The van der Waals surface area contributed by atoms with E-state index in [0.717, 1.165) is 35.5 Å². The van der Waals surface area contributed by atoms with E-state index in [2.05, 4.69) is 15.2 Å². The third-order valence-electron chi connectivity index (χ3n) is 5.19. The van der Waals surface area contributed by atoms with Crippen molar-refractivity contribution in [3.8, 4) is 5.75 Å². The Hall–Kier alpha value is -2.71. The molecule has 1 aromatic heterocycles. The van der Waals surface area contributed by atoms with Gasteiger partial charge in [0.1, 0.15) is 5.75 Å². The van der Waals surface area contributed by atoms with Gasteiger partial charge in [0.05, 0.1) is 23.6 Å². The monoisotopic (exact) mass is 379 g/mol. The van der Waals surface area contributed by atoms with Crippen LogP contribution in [0.25, 0.3) is 0 Å². The number of Topliss-reactive ketones (excluding diaryl/α,β-unsaturated/α-hetero) is 1. The Bertz CT molecular complexity index is 949. The molecule has 0 fully saturated rings. The number of carbonyl (C=O) groups excluding carboxylic acids is 2. The fraction of sp³-hybridized carbons (Fsp3) is 0.350. The van der Waals surface area contributed by atoms with Gasteiger partial charge in [-0.1, -0.05) is 18.2 Å². The van der Waals surface area contributed by atoms with E-state index in [-0.39, 0.29) is 18.1 Å². The summed E-state index contributed by atoms with van der Waals surface area (Å²) in [6, 6.07) is 7.31. The Balaban J connectivity index is 1.43. The lowest BCUT2D eigenvalue weighted by Gasteiger charge is -2.29. The average Bonchev–Trinajstić information content (AvgIpc) is 3.01. The van der Waals surface area contributed by atoms with Crippen LogP contribution in [0.2, 0.25) is 0 Å². The van der Waals surface area contributed by atoms with Crippen LogP contribution in [0.5, 0.6) is 5.75 Å². The van der Waals surface area contributed by atoms with Crippen molar-refractivity contribution >= 4 is 18.8 Å². The van der Waals surface area contributed by atoms with Crippen molar-refractivity contribution in [1.29, 1.82) is 0 Å². The molecule has 1 aromatic carbocycles. The zero-order chi connectivity index (χ0) is 19.8. The molecule has 3 heterocycles. The van der Waals surface area contributed by atoms with Gasteiger partial charge in [0, 0.05) is 19.3 Å². The highest BCUT2D eigenvalue weighted by Crippen LogP contribution is 2.30. The van der Waals surface area contributed by atoms with Crippen LogP contribution in [0, 0.1) is 0 Å². The number of carbonyl (C=O) groups is 2. The second-order valence-electron chi connectivity index (χ2n) is 7.54. The van der Waals surface area contributed by atoms with E-state index in [4.69, 9.17) is 4.65 Å². The third-order valence-corrected chi connectivity index (χ3v) is 5.19. The molecule has 0 saturated carbocycles. The van der Waals surface area contributed by atoms with E-state index in [0.29, 0.717) is 17.7 Å². The van der Waals surface area contributed by atoms with Crippen molar-refractivity contribution in [2.75, 3.05) is 7.05 Å². The van der Waals surface area contributed by atoms with Gasteiger partial charge >= 0.3 is 7.12 Å². The Kier molecular flexibility index (Phi) is 4.91. The minimum atomic E-state index is -1.20. The Morgan fingerprint density at radius 1 is 1.36 bits per heavy atom. The summed E-state index contributed by atoms with van der Waals surface area (Å²) in [6.45, 7) is 3.12. The lowest BCUT2D eigenvalue weighted by atomic mass is 9.72. The summed E-state index contributed by atoms with van der Waals surface area (Å²) in [5.74, 6) is -0.496. The predicted molar refractivity (Wildman–Crippen MR) is 104 cm³/mol. The maximum atomic E-state index is 12.5. The topological polar surface area (TPSA) is 91.8 Å². The van der Waals surface area contributed by atoms with Crippen LogP contribution in [-0.4, -0.2) is 46.7 Å². The lowest BCUT2D eigenvalue weighted by Crippen LogP contribution is -2.53. The normalized spacial score (nSPS) is 18.2. The van der Waals surface area contributed by atoms with Crippen molar-refractivity contribution < 1.29 is 19.3 Å². The van der Waals surface area contributed by atoms with Crippen molar-refractivity contribution in [1.82, 2.24) is 15.2 Å². The molecule has 4 rings (SSSR count). The van der Waals surface area contributed by atoms with Crippen LogP contribution < -0.4 is 9.97 Å². The molecule has 2 aliphatic heterocycles. The van der Waals surface area contributed by atoms with Gasteiger partial charge in [-0.3, -0.25) is 19.5 Å². The predicted octanol–water partition coefficient (Wildman–Crippen LogP) is 0.912. The number of ketones is 1. The number of rotatable bonds is 4. The van der Waals surface area contributed by atoms with Crippen molar-refractivity contribution in [2.45, 2.75) is 38.8 Å². The van der Waals surface area contributed by atoms with Crippen LogP contribution in [0.1, 0.15) is 39.7 Å². The Labute approximate surface area is 163 Å². The number of amides is 1. The molecule has 2 aromatic rings. The van der Waals surface area contributed by atoms with Crippen LogP contribution in [-0.2, 0) is 30.7 Å². The van der Waals surface area contributed by atoms with E-state index in [1.54, 1.807) is 18.3 Å². The molecule has 0 aliphatic carbocycles. The highest BCUT2D eigenvalue weighted by Gasteiger charge is 2.37. The minimum absolute atomic E-state index is 0.124. The first-order valence-corrected chi connectivity index (χ1v) is 9.33. The number of para-hydroxylation sites is 1. The fourth-order valence-electron chi connectivity index (χ4n) is 3.83. The zero-order valence-corrected chi connectivity index (χ0v) is 15.9. The van der Waals surface area contributed by atoms with Crippen molar-refractivity contribution in [3.63, 3.8) is 0 Å². The number of pyridine rings is 1. The third kappa shape index (κ3) is 3.65. The van der Waals surface area contributed by atoms with Crippen LogP contribution in [0.4, 0.5) is 0 Å². The van der Waals surface area contributed by atoms with Crippen molar-refractivity contribution in [2.24, 2.45) is 0 Å². The zero-order valence-electron chi connectivity index (χ0n) is 15.9. The molecule has 0 spiro atoms. The highest BCUT2D eigenvalue weighted by molar-refractivity contribution is 6.47. The SMILES string of the molecule is CC(=O)c1cccc2c1OB(O)[C@@H](NC(=O)Cc1cnc3c(c1)CN(C)C3)C2. The number of hydrogen-bond acceptors (Lipinski definition) is 6. The van der Waals surface area contributed by atoms with Gasteiger partial charge in [-0.25, -0.2) is 0 Å². The molecule has 1 atom stereocenters. The first-order valence-electron chi connectivity index (χ1n) is 9.33. The van der Waals surface area contributed by atoms with E-state index in [1.165, 1.54) is 6.92 Å².